The smallest absolute Gasteiger partial charge is 0.313 e. The van der Waals surface area contributed by atoms with E-state index in [-0.39, 0.29) is 46.6 Å². The highest BCUT2D eigenvalue weighted by Crippen LogP contribution is 2.66. The molecule has 2 saturated heterocycles. The lowest BCUT2D eigenvalue weighted by Crippen LogP contribution is -2.58. The van der Waals surface area contributed by atoms with E-state index in [1.54, 1.807) is 12.5 Å². The van der Waals surface area contributed by atoms with Gasteiger partial charge in [0.2, 0.25) is 0 Å². The number of carbonyl (C=O) groups is 2. The van der Waals surface area contributed by atoms with Crippen molar-refractivity contribution in [3.63, 3.8) is 0 Å². The van der Waals surface area contributed by atoms with Crippen LogP contribution in [0, 0.1) is 28.6 Å². The largest absolute Gasteiger partial charge is 0.472 e. The van der Waals surface area contributed by atoms with Crippen LogP contribution < -0.4 is 0 Å². The number of fused-ring (bicyclic) bond motifs is 2. The summed E-state index contributed by atoms with van der Waals surface area (Å²) in [6.07, 6.45) is 10.4. The van der Waals surface area contributed by atoms with E-state index in [4.69, 9.17) is 13.9 Å². The van der Waals surface area contributed by atoms with Gasteiger partial charge in [0.05, 0.1) is 31.0 Å². The molecule has 5 rings (SSSR count). The van der Waals surface area contributed by atoms with Crippen LogP contribution in [0.4, 0.5) is 0 Å². The Bertz CT molecular complexity index is 750. The average Bonchev–Trinajstić information content (AvgIpc) is 3.23. The molecule has 1 aromatic heterocycles. The maximum atomic E-state index is 12.8. The van der Waals surface area contributed by atoms with E-state index in [1.807, 2.05) is 12.1 Å². The van der Waals surface area contributed by atoms with Gasteiger partial charge in [0, 0.05) is 11.0 Å². The van der Waals surface area contributed by atoms with Crippen molar-refractivity contribution in [2.45, 2.75) is 38.7 Å². The highest BCUT2D eigenvalue weighted by molar-refractivity contribution is 5.79. The van der Waals surface area contributed by atoms with Crippen LogP contribution >= 0.6 is 0 Å². The monoisotopic (exact) mass is 342 g/mol. The second-order valence-electron chi connectivity index (χ2n) is 8.32. The van der Waals surface area contributed by atoms with Crippen LogP contribution in [0.1, 0.15) is 44.3 Å². The Balaban J connectivity index is 1.56. The van der Waals surface area contributed by atoms with Gasteiger partial charge in [-0.05, 0) is 43.1 Å². The summed E-state index contributed by atoms with van der Waals surface area (Å²) >= 11 is 0. The van der Waals surface area contributed by atoms with Gasteiger partial charge in [0.15, 0.2) is 0 Å². The number of esters is 2. The lowest BCUT2D eigenvalue weighted by molar-refractivity contribution is -0.195. The van der Waals surface area contributed by atoms with Gasteiger partial charge in [-0.2, -0.15) is 0 Å². The summed E-state index contributed by atoms with van der Waals surface area (Å²) in [6, 6.07) is 1.87. The first-order valence-corrected chi connectivity index (χ1v) is 9.10. The molecule has 0 unspecified atom stereocenters. The van der Waals surface area contributed by atoms with E-state index < -0.39 is 0 Å². The van der Waals surface area contributed by atoms with Gasteiger partial charge in [-0.3, -0.25) is 9.59 Å². The molecule has 3 fully saturated rings. The third kappa shape index (κ3) is 1.89. The van der Waals surface area contributed by atoms with Gasteiger partial charge in [-0.25, -0.2) is 0 Å². The van der Waals surface area contributed by atoms with Crippen molar-refractivity contribution >= 4 is 11.9 Å². The zero-order valence-electron chi connectivity index (χ0n) is 14.3. The van der Waals surface area contributed by atoms with Crippen LogP contribution in [0.2, 0.25) is 0 Å². The normalized spacial score (nSPS) is 45.2. The molecule has 0 radical (unpaired) electrons. The molecule has 5 nitrogen and oxygen atoms in total. The minimum absolute atomic E-state index is 0.103. The van der Waals surface area contributed by atoms with Crippen molar-refractivity contribution < 1.29 is 23.5 Å². The highest BCUT2D eigenvalue weighted by Gasteiger charge is 2.66. The second-order valence-corrected chi connectivity index (χ2v) is 8.32. The zero-order valence-corrected chi connectivity index (χ0v) is 14.3. The Hall–Kier alpha value is -2.04. The van der Waals surface area contributed by atoms with Crippen molar-refractivity contribution in [2.75, 3.05) is 6.61 Å². The molecule has 1 aromatic rings. The predicted octanol–water partition coefficient (Wildman–Crippen LogP) is 3.42. The highest BCUT2D eigenvalue weighted by atomic mass is 16.5. The summed E-state index contributed by atoms with van der Waals surface area (Å²) in [5.74, 6) is -0.218. The standard InChI is InChI=1S/C20H22O5/c1-19-9-15(12-6-8-23-10-12)25-18(22)13(19)5-7-20-11-24-17(21)14(20)3-2-4-16(19)20/h2-3,6,8,10,13-16H,4-5,7,9,11H2,1H3/t13-,14-,15+,16+,19-,20+/m0/s1. The Morgan fingerprint density at radius 2 is 2.12 bits per heavy atom. The summed E-state index contributed by atoms with van der Waals surface area (Å²) in [6.45, 7) is 2.70. The van der Waals surface area contributed by atoms with Crippen LogP contribution in [0.15, 0.2) is 35.2 Å². The van der Waals surface area contributed by atoms with E-state index >= 15 is 0 Å². The van der Waals surface area contributed by atoms with E-state index in [1.165, 1.54) is 0 Å². The van der Waals surface area contributed by atoms with Crippen molar-refractivity contribution in [2.24, 2.45) is 28.6 Å². The molecule has 25 heavy (non-hydrogen) atoms. The lowest BCUT2D eigenvalue weighted by atomic mass is 9.45. The second kappa shape index (κ2) is 4.99. The first-order chi connectivity index (χ1) is 12.0. The quantitative estimate of drug-likeness (QED) is 0.578. The SMILES string of the molecule is C[C@]12C[C@H](c3ccoc3)OC(=O)[C@@H]1CC[C@@]13COC(=O)[C@@H]1C=CC[C@H]23. The molecule has 4 aliphatic rings. The molecule has 1 spiro atoms. The zero-order chi connectivity index (χ0) is 17.2. The van der Waals surface area contributed by atoms with Gasteiger partial charge in [0.1, 0.15) is 6.10 Å². The van der Waals surface area contributed by atoms with E-state index in [0.717, 1.165) is 31.2 Å². The van der Waals surface area contributed by atoms with Crippen molar-refractivity contribution in [3.05, 3.63) is 36.3 Å². The van der Waals surface area contributed by atoms with Crippen LogP contribution in [0.5, 0.6) is 0 Å². The molecule has 132 valence electrons. The lowest BCUT2D eigenvalue weighted by Gasteiger charge is -2.59. The molecule has 0 bridgehead atoms. The molecular weight excluding hydrogens is 320 g/mol. The molecule has 2 aliphatic heterocycles. The summed E-state index contributed by atoms with van der Waals surface area (Å²) < 4.78 is 16.4. The van der Waals surface area contributed by atoms with Gasteiger partial charge < -0.3 is 13.9 Å². The number of allylic oxidation sites excluding steroid dienone is 1. The van der Waals surface area contributed by atoms with E-state index in [9.17, 15) is 9.59 Å². The van der Waals surface area contributed by atoms with Crippen molar-refractivity contribution in [3.8, 4) is 0 Å². The Morgan fingerprint density at radius 3 is 2.92 bits per heavy atom. The number of hydrogen-bond acceptors (Lipinski definition) is 5. The number of hydrogen-bond donors (Lipinski definition) is 0. The van der Waals surface area contributed by atoms with Crippen LogP contribution in [0.25, 0.3) is 0 Å². The van der Waals surface area contributed by atoms with Gasteiger partial charge in [-0.15, -0.1) is 0 Å². The molecule has 0 N–H and O–H groups in total. The molecule has 0 aromatic carbocycles. The van der Waals surface area contributed by atoms with Crippen LogP contribution in [0.3, 0.4) is 0 Å². The Morgan fingerprint density at radius 1 is 1.24 bits per heavy atom. The van der Waals surface area contributed by atoms with E-state index in [0.29, 0.717) is 6.61 Å². The Labute approximate surface area is 146 Å². The number of furan rings is 1. The first kappa shape index (κ1) is 15.2. The molecule has 3 heterocycles. The van der Waals surface area contributed by atoms with Gasteiger partial charge in [-0.1, -0.05) is 19.1 Å². The first-order valence-electron chi connectivity index (χ1n) is 9.10. The summed E-state index contributed by atoms with van der Waals surface area (Å²) in [4.78, 5) is 25.1. The third-order valence-electron chi connectivity index (χ3n) is 7.32. The third-order valence-corrected chi connectivity index (χ3v) is 7.32. The fraction of sp³-hybridized carbons (Fsp3) is 0.600. The predicted molar refractivity (Wildman–Crippen MR) is 87.1 cm³/mol. The topological polar surface area (TPSA) is 65.7 Å². The van der Waals surface area contributed by atoms with Gasteiger partial charge >= 0.3 is 11.9 Å². The van der Waals surface area contributed by atoms with Crippen LogP contribution in [-0.2, 0) is 19.1 Å². The average molecular weight is 342 g/mol. The van der Waals surface area contributed by atoms with Gasteiger partial charge in [0.25, 0.3) is 0 Å². The fourth-order valence-corrected chi connectivity index (χ4v) is 6.09. The number of cyclic esters (lactones) is 2. The van der Waals surface area contributed by atoms with Crippen molar-refractivity contribution in [1.29, 1.82) is 0 Å². The molecule has 6 atom stereocenters. The number of rotatable bonds is 1. The molecule has 5 heteroatoms. The molecule has 0 amide bonds. The summed E-state index contributed by atoms with van der Waals surface area (Å²) in [5.41, 5.74) is 0.552. The minimum Gasteiger partial charge on any atom is -0.472 e. The minimum atomic E-state index is -0.273. The van der Waals surface area contributed by atoms with Crippen LogP contribution in [-0.4, -0.2) is 18.5 Å². The summed E-state index contributed by atoms with van der Waals surface area (Å²) in [7, 11) is 0. The number of ether oxygens (including phenoxy) is 2. The molecular formula is C20H22O5. The van der Waals surface area contributed by atoms with Crippen molar-refractivity contribution in [1.82, 2.24) is 0 Å². The fourth-order valence-electron chi connectivity index (χ4n) is 6.09. The molecule has 1 saturated carbocycles. The summed E-state index contributed by atoms with van der Waals surface area (Å²) in [5, 5.41) is 0. The maximum Gasteiger partial charge on any atom is 0.313 e. The Kier molecular flexibility index (Phi) is 3.04. The maximum absolute atomic E-state index is 12.8. The van der Waals surface area contributed by atoms with E-state index in [2.05, 4.69) is 13.0 Å². The molecule has 2 aliphatic carbocycles. The number of carbonyl (C=O) groups excluding carboxylic acids is 2.